The minimum absolute atomic E-state index is 0.103. The number of pyridine rings is 1. The highest BCUT2D eigenvalue weighted by Crippen LogP contribution is 2.29. The van der Waals surface area contributed by atoms with Crippen molar-refractivity contribution in [3.8, 4) is 0 Å². The van der Waals surface area contributed by atoms with Crippen molar-refractivity contribution in [2.24, 2.45) is 0 Å². The molecule has 1 heterocycles. The molecule has 0 saturated heterocycles. The molecular formula is C14H22N2O2. The second-order valence-electron chi connectivity index (χ2n) is 5.12. The molecule has 2 unspecified atom stereocenters. The van der Waals surface area contributed by atoms with Crippen LogP contribution < -0.4 is 4.90 Å². The van der Waals surface area contributed by atoms with E-state index in [2.05, 4.69) is 4.98 Å². The standard InChI is InChI=1S/C14H22N2O2/c1-10(17)11-6-5-9-15-14(11)16(2)12-7-3-4-8-13(12)18/h5-6,9-10,12-13,17-18H,3-4,7-8H2,1-2H3/t10-,12?,13?/m0/s1. The van der Waals surface area contributed by atoms with Crippen molar-refractivity contribution in [3.63, 3.8) is 0 Å². The molecule has 1 fully saturated rings. The summed E-state index contributed by atoms with van der Waals surface area (Å²) in [4.78, 5) is 6.38. The highest BCUT2D eigenvalue weighted by molar-refractivity contribution is 5.48. The Labute approximate surface area is 108 Å². The quantitative estimate of drug-likeness (QED) is 0.860. The molecule has 1 saturated carbocycles. The Morgan fingerprint density at radius 1 is 1.39 bits per heavy atom. The molecule has 1 aliphatic carbocycles. The van der Waals surface area contributed by atoms with Crippen molar-refractivity contribution in [3.05, 3.63) is 23.9 Å². The number of rotatable bonds is 3. The van der Waals surface area contributed by atoms with Crippen LogP contribution in [0.3, 0.4) is 0 Å². The smallest absolute Gasteiger partial charge is 0.134 e. The van der Waals surface area contributed by atoms with E-state index in [0.717, 1.165) is 37.1 Å². The van der Waals surface area contributed by atoms with Crippen LogP contribution in [0, 0.1) is 0 Å². The highest BCUT2D eigenvalue weighted by Gasteiger charge is 2.28. The number of aliphatic hydroxyl groups is 2. The topological polar surface area (TPSA) is 56.6 Å². The normalized spacial score (nSPS) is 25.8. The van der Waals surface area contributed by atoms with E-state index < -0.39 is 6.10 Å². The van der Waals surface area contributed by atoms with Gasteiger partial charge in [-0.15, -0.1) is 0 Å². The van der Waals surface area contributed by atoms with Crippen LogP contribution in [-0.4, -0.2) is 34.4 Å². The second-order valence-corrected chi connectivity index (χ2v) is 5.12. The van der Waals surface area contributed by atoms with Crippen molar-refractivity contribution < 1.29 is 10.2 Å². The summed E-state index contributed by atoms with van der Waals surface area (Å²) >= 11 is 0. The largest absolute Gasteiger partial charge is 0.391 e. The van der Waals surface area contributed by atoms with Crippen LogP contribution in [0.4, 0.5) is 5.82 Å². The van der Waals surface area contributed by atoms with Crippen LogP contribution in [0.25, 0.3) is 0 Å². The molecule has 100 valence electrons. The van der Waals surface area contributed by atoms with Crippen LogP contribution in [0.15, 0.2) is 18.3 Å². The van der Waals surface area contributed by atoms with Gasteiger partial charge in [-0.25, -0.2) is 4.98 Å². The molecule has 0 aromatic carbocycles. The summed E-state index contributed by atoms with van der Waals surface area (Å²) in [5, 5.41) is 19.9. The van der Waals surface area contributed by atoms with E-state index in [1.807, 2.05) is 24.1 Å². The third kappa shape index (κ3) is 2.65. The van der Waals surface area contributed by atoms with Gasteiger partial charge in [-0.1, -0.05) is 18.9 Å². The molecule has 1 aromatic heterocycles. The van der Waals surface area contributed by atoms with Gasteiger partial charge in [0.05, 0.1) is 18.2 Å². The third-order valence-electron chi connectivity index (χ3n) is 3.79. The monoisotopic (exact) mass is 250 g/mol. The van der Waals surface area contributed by atoms with Gasteiger partial charge in [-0.2, -0.15) is 0 Å². The van der Waals surface area contributed by atoms with Gasteiger partial charge in [-0.3, -0.25) is 0 Å². The van der Waals surface area contributed by atoms with E-state index in [1.165, 1.54) is 0 Å². The Morgan fingerprint density at radius 2 is 2.11 bits per heavy atom. The lowest BCUT2D eigenvalue weighted by Crippen LogP contribution is -2.44. The molecule has 18 heavy (non-hydrogen) atoms. The molecule has 3 atom stereocenters. The van der Waals surface area contributed by atoms with E-state index in [-0.39, 0.29) is 12.1 Å². The van der Waals surface area contributed by atoms with E-state index in [9.17, 15) is 10.2 Å². The average molecular weight is 250 g/mol. The van der Waals surface area contributed by atoms with Crippen LogP contribution >= 0.6 is 0 Å². The number of likely N-dealkylation sites (N-methyl/N-ethyl adjacent to an activating group) is 1. The number of anilines is 1. The Balaban J connectivity index is 2.24. The summed E-state index contributed by atoms with van der Waals surface area (Å²) in [6, 6.07) is 3.82. The van der Waals surface area contributed by atoms with E-state index in [1.54, 1.807) is 13.1 Å². The van der Waals surface area contributed by atoms with Gasteiger partial charge < -0.3 is 15.1 Å². The van der Waals surface area contributed by atoms with Crippen molar-refractivity contribution in [2.45, 2.75) is 50.9 Å². The van der Waals surface area contributed by atoms with Crippen molar-refractivity contribution >= 4 is 5.82 Å². The van der Waals surface area contributed by atoms with Gasteiger partial charge >= 0.3 is 0 Å². The SMILES string of the molecule is C[C@H](O)c1cccnc1N(C)C1CCCCC1O. The fraction of sp³-hybridized carbons (Fsp3) is 0.643. The zero-order chi connectivity index (χ0) is 13.1. The van der Waals surface area contributed by atoms with E-state index >= 15 is 0 Å². The van der Waals surface area contributed by atoms with Crippen LogP contribution in [0.5, 0.6) is 0 Å². The zero-order valence-corrected chi connectivity index (χ0v) is 11.1. The van der Waals surface area contributed by atoms with E-state index in [4.69, 9.17) is 0 Å². The summed E-state index contributed by atoms with van der Waals surface area (Å²) in [6.45, 7) is 1.74. The second kappa shape index (κ2) is 5.67. The van der Waals surface area contributed by atoms with Gasteiger partial charge in [0, 0.05) is 18.8 Å². The average Bonchev–Trinajstić information content (AvgIpc) is 2.38. The van der Waals surface area contributed by atoms with Crippen molar-refractivity contribution in [2.75, 3.05) is 11.9 Å². The maximum absolute atomic E-state index is 10.1. The molecule has 4 heteroatoms. The molecule has 1 aromatic rings. The third-order valence-corrected chi connectivity index (χ3v) is 3.79. The van der Waals surface area contributed by atoms with Gasteiger partial charge in [0.1, 0.15) is 5.82 Å². The molecule has 0 aliphatic heterocycles. The molecule has 0 amide bonds. The Kier molecular flexibility index (Phi) is 4.19. The first-order valence-corrected chi connectivity index (χ1v) is 6.65. The number of nitrogens with zero attached hydrogens (tertiary/aromatic N) is 2. The Morgan fingerprint density at radius 3 is 2.78 bits per heavy atom. The summed E-state index contributed by atoms with van der Waals surface area (Å²) < 4.78 is 0. The molecule has 0 spiro atoms. The lowest BCUT2D eigenvalue weighted by Gasteiger charge is -2.37. The fourth-order valence-electron chi connectivity index (χ4n) is 2.73. The summed E-state index contributed by atoms with van der Waals surface area (Å²) in [6.07, 6.45) is 4.95. The van der Waals surface area contributed by atoms with Crippen LogP contribution in [0.2, 0.25) is 0 Å². The summed E-state index contributed by atoms with van der Waals surface area (Å²) in [7, 11) is 1.95. The summed E-state index contributed by atoms with van der Waals surface area (Å²) in [5.41, 5.74) is 0.817. The maximum Gasteiger partial charge on any atom is 0.134 e. The predicted octanol–water partition coefficient (Wildman–Crippen LogP) is 1.87. The van der Waals surface area contributed by atoms with E-state index in [0.29, 0.717) is 0 Å². The lowest BCUT2D eigenvalue weighted by atomic mass is 9.91. The number of hydrogen-bond acceptors (Lipinski definition) is 4. The molecule has 4 nitrogen and oxygen atoms in total. The van der Waals surface area contributed by atoms with Crippen LogP contribution in [0.1, 0.15) is 44.3 Å². The zero-order valence-electron chi connectivity index (χ0n) is 11.1. The van der Waals surface area contributed by atoms with Gasteiger partial charge in [-0.05, 0) is 25.8 Å². The first-order valence-electron chi connectivity index (χ1n) is 6.65. The van der Waals surface area contributed by atoms with Gasteiger partial charge in [0.15, 0.2) is 0 Å². The molecule has 2 N–H and O–H groups in total. The Hall–Kier alpha value is -1.13. The lowest BCUT2D eigenvalue weighted by molar-refractivity contribution is 0.105. The van der Waals surface area contributed by atoms with Gasteiger partial charge in [0.25, 0.3) is 0 Å². The van der Waals surface area contributed by atoms with Crippen LogP contribution in [-0.2, 0) is 0 Å². The minimum atomic E-state index is -0.545. The first kappa shape index (κ1) is 13.3. The van der Waals surface area contributed by atoms with Gasteiger partial charge in [0.2, 0.25) is 0 Å². The molecule has 0 radical (unpaired) electrons. The first-order chi connectivity index (χ1) is 8.61. The highest BCUT2D eigenvalue weighted by atomic mass is 16.3. The Bertz CT molecular complexity index is 395. The minimum Gasteiger partial charge on any atom is -0.391 e. The van der Waals surface area contributed by atoms with Crippen molar-refractivity contribution in [1.82, 2.24) is 4.98 Å². The maximum atomic E-state index is 10.1. The molecular weight excluding hydrogens is 228 g/mol. The molecule has 0 bridgehead atoms. The number of hydrogen-bond donors (Lipinski definition) is 2. The molecule has 2 rings (SSSR count). The number of aromatic nitrogens is 1. The fourth-order valence-corrected chi connectivity index (χ4v) is 2.73. The molecule has 1 aliphatic rings. The summed E-state index contributed by atoms with van der Waals surface area (Å²) in [5.74, 6) is 0.776. The number of aliphatic hydroxyl groups excluding tert-OH is 2. The predicted molar refractivity (Wildman–Crippen MR) is 71.5 cm³/mol. The van der Waals surface area contributed by atoms with Crippen molar-refractivity contribution in [1.29, 1.82) is 0 Å².